The van der Waals surface area contributed by atoms with Crippen molar-refractivity contribution in [1.29, 1.82) is 0 Å². The highest BCUT2D eigenvalue weighted by atomic mass is 35.5. The molecule has 0 saturated carbocycles. The second kappa shape index (κ2) is 6.46. The zero-order chi connectivity index (χ0) is 16.4. The molecule has 3 N–H and O–H groups in total. The van der Waals surface area contributed by atoms with Crippen molar-refractivity contribution in [3.05, 3.63) is 47.1 Å². The lowest BCUT2D eigenvalue weighted by Gasteiger charge is -2.35. The Labute approximate surface area is 140 Å². The lowest BCUT2D eigenvalue weighted by molar-refractivity contribution is -0.117. The van der Waals surface area contributed by atoms with Crippen LogP contribution < -0.4 is 16.0 Å². The normalized spacial score (nSPS) is 15.0. The van der Waals surface area contributed by atoms with Crippen LogP contribution in [0.1, 0.15) is 18.9 Å². The Morgan fingerprint density at radius 2 is 2.22 bits per heavy atom. The van der Waals surface area contributed by atoms with Gasteiger partial charge in [0.25, 0.3) is 0 Å². The Morgan fingerprint density at radius 1 is 1.39 bits per heavy atom. The Kier molecular flexibility index (Phi) is 4.39. The van der Waals surface area contributed by atoms with E-state index in [-0.39, 0.29) is 11.9 Å². The molecule has 5 nitrogen and oxygen atoms in total. The summed E-state index contributed by atoms with van der Waals surface area (Å²) < 4.78 is 0. The molecule has 0 fully saturated rings. The summed E-state index contributed by atoms with van der Waals surface area (Å²) >= 11 is 5.81. The number of anilines is 3. The standard InChI is InChI=1S/C17H19ClN4O/c1-11(17(23)21-16-8-7-12(18)10-20-16)22-9-3-4-13-14(19)5-2-6-15(13)22/h2,5-8,10-11H,3-4,9,19H2,1H3,(H,20,21,23). The van der Waals surface area contributed by atoms with Crippen molar-refractivity contribution in [2.75, 3.05) is 22.5 Å². The van der Waals surface area contributed by atoms with Gasteiger partial charge in [0.2, 0.25) is 5.91 Å². The van der Waals surface area contributed by atoms with E-state index in [1.807, 2.05) is 25.1 Å². The molecular formula is C17H19ClN4O. The zero-order valence-electron chi connectivity index (χ0n) is 12.9. The maximum atomic E-state index is 12.5. The summed E-state index contributed by atoms with van der Waals surface area (Å²) in [6, 6.07) is 8.94. The summed E-state index contributed by atoms with van der Waals surface area (Å²) in [6.07, 6.45) is 3.45. The van der Waals surface area contributed by atoms with E-state index in [0.717, 1.165) is 36.3 Å². The van der Waals surface area contributed by atoms with Crippen LogP contribution in [-0.2, 0) is 11.2 Å². The van der Waals surface area contributed by atoms with Gasteiger partial charge in [-0.3, -0.25) is 4.79 Å². The number of nitrogens with two attached hydrogens (primary N) is 1. The number of carbonyl (C=O) groups is 1. The number of nitrogens with zero attached hydrogens (tertiary/aromatic N) is 2. The van der Waals surface area contributed by atoms with E-state index in [9.17, 15) is 4.79 Å². The highest BCUT2D eigenvalue weighted by molar-refractivity contribution is 6.30. The molecule has 1 unspecified atom stereocenters. The fourth-order valence-corrected chi connectivity index (χ4v) is 3.02. The van der Waals surface area contributed by atoms with Gasteiger partial charge in [-0.05, 0) is 49.6 Å². The number of nitrogen functional groups attached to an aromatic ring is 1. The molecule has 1 aromatic heterocycles. The molecule has 120 valence electrons. The monoisotopic (exact) mass is 330 g/mol. The van der Waals surface area contributed by atoms with E-state index in [4.69, 9.17) is 17.3 Å². The van der Waals surface area contributed by atoms with Gasteiger partial charge in [-0.1, -0.05) is 17.7 Å². The first-order valence-corrected chi connectivity index (χ1v) is 8.00. The molecule has 1 atom stereocenters. The number of fused-ring (bicyclic) bond motifs is 1. The highest BCUT2D eigenvalue weighted by Gasteiger charge is 2.27. The molecule has 0 bridgehead atoms. The third-order valence-electron chi connectivity index (χ3n) is 4.15. The third-order valence-corrected chi connectivity index (χ3v) is 4.37. The van der Waals surface area contributed by atoms with Gasteiger partial charge in [0.1, 0.15) is 11.9 Å². The molecule has 0 saturated heterocycles. The molecule has 3 rings (SSSR count). The Morgan fingerprint density at radius 3 is 2.96 bits per heavy atom. The largest absolute Gasteiger partial charge is 0.398 e. The van der Waals surface area contributed by atoms with Crippen molar-refractivity contribution in [3.8, 4) is 0 Å². The number of halogens is 1. The molecule has 0 radical (unpaired) electrons. The fraction of sp³-hybridized carbons (Fsp3) is 0.294. The molecule has 23 heavy (non-hydrogen) atoms. The summed E-state index contributed by atoms with van der Waals surface area (Å²) in [4.78, 5) is 18.7. The molecule has 0 spiro atoms. The summed E-state index contributed by atoms with van der Waals surface area (Å²) in [5.74, 6) is 0.395. The molecule has 2 aromatic rings. The van der Waals surface area contributed by atoms with E-state index in [1.165, 1.54) is 6.20 Å². The minimum absolute atomic E-state index is 0.102. The van der Waals surface area contributed by atoms with Gasteiger partial charge >= 0.3 is 0 Å². The number of amides is 1. The van der Waals surface area contributed by atoms with Gasteiger partial charge in [-0.15, -0.1) is 0 Å². The number of hydrogen-bond acceptors (Lipinski definition) is 4. The third kappa shape index (κ3) is 3.24. The summed E-state index contributed by atoms with van der Waals surface area (Å²) in [5, 5.41) is 3.37. The average Bonchev–Trinajstić information content (AvgIpc) is 2.56. The van der Waals surface area contributed by atoms with Gasteiger partial charge in [-0.25, -0.2) is 4.98 Å². The SMILES string of the molecule is CC(C(=O)Nc1ccc(Cl)cn1)N1CCCc2c(N)cccc21. The van der Waals surface area contributed by atoms with Gasteiger partial charge in [-0.2, -0.15) is 0 Å². The molecular weight excluding hydrogens is 312 g/mol. The Balaban J connectivity index is 1.78. The lowest BCUT2D eigenvalue weighted by atomic mass is 9.98. The smallest absolute Gasteiger partial charge is 0.247 e. The molecule has 0 aliphatic carbocycles. The predicted molar refractivity (Wildman–Crippen MR) is 93.9 cm³/mol. The summed E-state index contributed by atoms with van der Waals surface area (Å²) in [7, 11) is 0. The minimum Gasteiger partial charge on any atom is -0.398 e. The summed E-state index contributed by atoms with van der Waals surface area (Å²) in [6.45, 7) is 2.72. The van der Waals surface area contributed by atoms with E-state index in [0.29, 0.717) is 10.8 Å². The molecule has 1 amide bonds. The fourth-order valence-electron chi connectivity index (χ4n) is 2.90. The molecule has 1 aliphatic rings. The molecule has 1 aromatic carbocycles. The number of pyridine rings is 1. The van der Waals surface area contributed by atoms with Crippen molar-refractivity contribution >= 4 is 34.7 Å². The highest BCUT2D eigenvalue weighted by Crippen LogP contribution is 2.32. The van der Waals surface area contributed by atoms with E-state index in [1.54, 1.807) is 12.1 Å². The first-order valence-electron chi connectivity index (χ1n) is 7.62. The number of hydrogen-bond donors (Lipinski definition) is 2. The van der Waals surface area contributed by atoms with Crippen LogP contribution in [-0.4, -0.2) is 23.5 Å². The minimum atomic E-state index is -0.312. The van der Waals surface area contributed by atoms with Crippen molar-refractivity contribution < 1.29 is 4.79 Å². The van der Waals surface area contributed by atoms with E-state index >= 15 is 0 Å². The van der Waals surface area contributed by atoms with Gasteiger partial charge < -0.3 is 16.0 Å². The van der Waals surface area contributed by atoms with Crippen LogP contribution in [0.15, 0.2) is 36.5 Å². The maximum Gasteiger partial charge on any atom is 0.247 e. The van der Waals surface area contributed by atoms with Crippen molar-refractivity contribution in [1.82, 2.24) is 4.98 Å². The maximum absolute atomic E-state index is 12.5. The topological polar surface area (TPSA) is 71.2 Å². The van der Waals surface area contributed by atoms with Crippen LogP contribution in [0, 0.1) is 0 Å². The van der Waals surface area contributed by atoms with Crippen LogP contribution >= 0.6 is 11.6 Å². The zero-order valence-corrected chi connectivity index (χ0v) is 13.7. The first kappa shape index (κ1) is 15.6. The van der Waals surface area contributed by atoms with Crippen LogP contribution in [0.4, 0.5) is 17.2 Å². The number of benzene rings is 1. The van der Waals surface area contributed by atoms with Crippen molar-refractivity contribution in [2.45, 2.75) is 25.8 Å². The van der Waals surface area contributed by atoms with Gasteiger partial charge in [0.15, 0.2) is 0 Å². The quantitative estimate of drug-likeness (QED) is 0.848. The summed E-state index contributed by atoms with van der Waals surface area (Å²) in [5.41, 5.74) is 9.03. The van der Waals surface area contributed by atoms with Crippen LogP contribution in [0.2, 0.25) is 5.02 Å². The first-order chi connectivity index (χ1) is 11.1. The number of nitrogens with one attached hydrogen (secondary N) is 1. The second-order valence-corrected chi connectivity index (χ2v) is 6.11. The van der Waals surface area contributed by atoms with Crippen LogP contribution in [0.5, 0.6) is 0 Å². The Hall–Kier alpha value is -2.27. The average molecular weight is 331 g/mol. The van der Waals surface area contributed by atoms with Gasteiger partial charge in [0, 0.05) is 24.1 Å². The van der Waals surface area contributed by atoms with Crippen LogP contribution in [0.3, 0.4) is 0 Å². The molecule has 6 heteroatoms. The molecule has 2 heterocycles. The number of rotatable bonds is 3. The lowest BCUT2D eigenvalue weighted by Crippen LogP contribution is -2.44. The number of aromatic nitrogens is 1. The number of carbonyl (C=O) groups excluding carboxylic acids is 1. The van der Waals surface area contributed by atoms with Gasteiger partial charge in [0.05, 0.1) is 5.02 Å². The van der Waals surface area contributed by atoms with Crippen molar-refractivity contribution in [3.63, 3.8) is 0 Å². The predicted octanol–water partition coefficient (Wildman–Crippen LogP) is 3.10. The van der Waals surface area contributed by atoms with E-state index in [2.05, 4.69) is 15.2 Å². The van der Waals surface area contributed by atoms with Crippen molar-refractivity contribution in [2.24, 2.45) is 0 Å². The Bertz CT molecular complexity index is 717. The molecule has 1 aliphatic heterocycles. The second-order valence-electron chi connectivity index (χ2n) is 5.67. The van der Waals surface area contributed by atoms with Crippen LogP contribution in [0.25, 0.3) is 0 Å². The van der Waals surface area contributed by atoms with E-state index < -0.39 is 0 Å².